The van der Waals surface area contributed by atoms with Crippen molar-refractivity contribution in [1.29, 1.82) is 0 Å². The lowest BCUT2D eigenvalue weighted by Crippen LogP contribution is -2.21. The molecule has 1 aromatic rings. The Morgan fingerprint density at radius 2 is 1.71 bits per heavy atom. The van der Waals surface area contributed by atoms with Crippen molar-refractivity contribution in [3.63, 3.8) is 0 Å². The number of aryl methyl sites for hydroxylation is 2. The maximum atomic E-state index is 4.55. The maximum absolute atomic E-state index is 4.55. The van der Waals surface area contributed by atoms with Crippen molar-refractivity contribution < 1.29 is 0 Å². The minimum Gasteiger partial charge on any atom is -0.260 e. The van der Waals surface area contributed by atoms with Gasteiger partial charge in [0.05, 0.1) is 0 Å². The standard InChI is InChI=1S/C13H21N/c1-6-13(5,7-2)12-8-10(3)11(4)9-14-12/h8-9H,6-7H2,1-5H3. The summed E-state index contributed by atoms with van der Waals surface area (Å²) >= 11 is 0. The summed E-state index contributed by atoms with van der Waals surface area (Å²) in [6.45, 7) is 11.0. The molecule has 0 saturated heterocycles. The van der Waals surface area contributed by atoms with Crippen molar-refractivity contribution in [2.75, 3.05) is 0 Å². The highest BCUT2D eigenvalue weighted by Crippen LogP contribution is 2.30. The molecule has 0 aliphatic carbocycles. The monoisotopic (exact) mass is 191 g/mol. The summed E-state index contributed by atoms with van der Waals surface area (Å²) in [6.07, 6.45) is 4.30. The van der Waals surface area contributed by atoms with E-state index in [0.717, 1.165) is 12.8 Å². The number of pyridine rings is 1. The van der Waals surface area contributed by atoms with Crippen LogP contribution in [0.3, 0.4) is 0 Å². The number of hydrogen-bond acceptors (Lipinski definition) is 1. The zero-order valence-corrected chi connectivity index (χ0v) is 10.0. The first-order chi connectivity index (χ1) is 6.53. The van der Waals surface area contributed by atoms with Gasteiger partial charge in [0.15, 0.2) is 0 Å². The molecule has 1 nitrogen and oxygen atoms in total. The Hall–Kier alpha value is -0.850. The molecule has 1 heteroatoms. The summed E-state index contributed by atoms with van der Waals surface area (Å²) in [5, 5.41) is 0. The van der Waals surface area contributed by atoms with E-state index in [1.165, 1.54) is 16.8 Å². The summed E-state index contributed by atoms with van der Waals surface area (Å²) < 4.78 is 0. The van der Waals surface area contributed by atoms with Crippen LogP contribution < -0.4 is 0 Å². The maximum Gasteiger partial charge on any atom is 0.0465 e. The molecular formula is C13H21N. The van der Waals surface area contributed by atoms with Gasteiger partial charge in [-0.1, -0.05) is 20.8 Å². The van der Waals surface area contributed by atoms with E-state index in [1.807, 2.05) is 6.20 Å². The molecule has 1 aromatic heterocycles. The molecule has 0 saturated carbocycles. The summed E-state index contributed by atoms with van der Waals surface area (Å²) in [4.78, 5) is 4.55. The third-order valence-electron chi connectivity index (χ3n) is 3.55. The van der Waals surface area contributed by atoms with Gasteiger partial charge in [0, 0.05) is 17.3 Å². The Morgan fingerprint density at radius 1 is 1.14 bits per heavy atom. The van der Waals surface area contributed by atoms with Crippen molar-refractivity contribution in [1.82, 2.24) is 4.98 Å². The molecule has 0 atom stereocenters. The van der Waals surface area contributed by atoms with E-state index in [9.17, 15) is 0 Å². The molecule has 0 radical (unpaired) electrons. The Kier molecular flexibility index (Phi) is 3.30. The first-order valence-electron chi connectivity index (χ1n) is 5.47. The van der Waals surface area contributed by atoms with Gasteiger partial charge in [-0.05, 0) is 43.9 Å². The molecule has 0 N–H and O–H groups in total. The van der Waals surface area contributed by atoms with Gasteiger partial charge in [-0.2, -0.15) is 0 Å². The Bertz CT molecular complexity index is 311. The van der Waals surface area contributed by atoms with Gasteiger partial charge in [0.25, 0.3) is 0 Å². The molecular weight excluding hydrogens is 170 g/mol. The summed E-state index contributed by atoms with van der Waals surface area (Å²) in [7, 11) is 0. The van der Waals surface area contributed by atoms with E-state index in [-0.39, 0.29) is 5.41 Å². The second-order valence-corrected chi connectivity index (χ2v) is 4.42. The molecule has 1 rings (SSSR count). The van der Waals surface area contributed by atoms with E-state index in [4.69, 9.17) is 0 Å². The van der Waals surface area contributed by atoms with E-state index in [1.54, 1.807) is 0 Å². The fourth-order valence-electron chi connectivity index (χ4n) is 1.57. The van der Waals surface area contributed by atoms with Crippen molar-refractivity contribution >= 4 is 0 Å². The predicted molar refractivity (Wildman–Crippen MR) is 61.6 cm³/mol. The molecule has 0 aromatic carbocycles. The first-order valence-corrected chi connectivity index (χ1v) is 5.47. The predicted octanol–water partition coefficient (Wildman–Crippen LogP) is 3.78. The van der Waals surface area contributed by atoms with Crippen molar-refractivity contribution in [2.24, 2.45) is 0 Å². The SMILES string of the molecule is CCC(C)(CC)c1cc(C)c(C)cn1. The minimum atomic E-state index is 0.248. The van der Waals surface area contributed by atoms with Gasteiger partial charge >= 0.3 is 0 Å². The van der Waals surface area contributed by atoms with E-state index < -0.39 is 0 Å². The van der Waals surface area contributed by atoms with Crippen LogP contribution >= 0.6 is 0 Å². The van der Waals surface area contributed by atoms with Gasteiger partial charge in [-0.15, -0.1) is 0 Å². The van der Waals surface area contributed by atoms with Crippen LogP contribution in [0.4, 0.5) is 0 Å². The summed E-state index contributed by atoms with van der Waals surface area (Å²) in [5.41, 5.74) is 4.12. The lowest BCUT2D eigenvalue weighted by Gasteiger charge is -2.26. The average Bonchev–Trinajstić information content (AvgIpc) is 2.21. The fraction of sp³-hybridized carbons (Fsp3) is 0.615. The molecule has 0 fully saturated rings. The quantitative estimate of drug-likeness (QED) is 0.708. The molecule has 0 bridgehead atoms. The third-order valence-corrected chi connectivity index (χ3v) is 3.55. The van der Waals surface area contributed by atoms with E-state index >= 15 is 0 Å². The van der Waals surface area contributed by atoms with Crippen molar-refractivity contribution in [3.05, 3.63) is 29.1 Å². The van der Waals surface area contributed by atoms with Crippen molar-refractivity contribution in [2.45, 2.75) is 52.9 Å². The topological polar surface area (TPSA) is 12.9 Å². The molecule has 0 unspecified atom stereocenters. The Labute approximate surface area is 87.6 Å². The highest BCUT2D eigenvalue weighted by molar-refractivity contribution is 5.27. The zero-order valence-electron chi connectivity index (χ0n) is 10.0. The van der Waals surface area contributed by atoms with Crippen LogP contribution in [0.15, 0.2) is 12.3 Å². The normalized spacial score (nSPS) is 11.8. The van der Waals surface area contributed by atoms with E-state index in [2.05, 4.69) is 45.7 Å². The van der Waals surface area contributed by atoms with Crippen LogP contribution in [-0.4, -0.2) is 4.98 Å². The van der Waals surface area contributed by atoms with Crippen LogP contribution in [-0.2, 0) is 5.41 Å². The fourth-order valence-corrected chi connectivity index (χ4v) is 1.57. The molecule has 78 valence electrons. The highest BCUT2D eigenvalue weighted by Gasteiger charge is 2.23. The lowest BCUT2D eigenvalue weighted by molar-refractivity contribution is 0.425. The summed E-state index contributed by atoms with van der Waals surface area (Å²) in [5.74, 6) is 0. The van der Waals surface area contributed by atoms with Gasteiger partial charge in [0.2, 0.25) is 0 Å². The second kappa shape index (κ2) is 4.12. The molecule has 14 heavy (non-hydrogen) atoms. The molecule has 0 aliphatic rings. The smallest absolute Gasteiger partial charge is 0.0465 e. The lowest BCUT2D eigenvalue weighted by atomic mass is 9.80. The van der Waals surface area contributed by atoms with Crippen LogP contribution in [0.1, 0.15) is 50.4 Å². The Morgan fingerprint density at radius 3 is 2.14 bits per heavy atom. The van der Waals surface area contributed by atoms with Gasteiger partial charge in [-0.25, -0.2) is 0 Å². The number of rotatable bonds is 3. The second-order valence-electron chi connectivity index (χ2n) is 4.42. The zero-order chi connectivity index (χ0) is 10.8. The van der Waals surface area contributed by atoms with Gasteiger partial charge in [-0.3, -0.25) is 4.98 Å². The average molecular weight is 191 g/mol. The first kappa shape index (κ1) is 11.2. The Balaban J connectivity index is 3.12. The van der Waals surface area contributed by atoms with Crippen LogP contribution in [0.2, 0.25) is 0 Å². The number of nitrogens with zero attached hydrogens (tertiary/aromatic N) is 1. The third kappa shape index (κ3) is 1.97. The summed E-state index contributed by atoms with van der Waals surface area (Å²) in [6, 6.07) is 2.24. The number of aromatic nitrogens is 1. The van der Waals surface area contributed by atoms with Crippen LogP contribution in [0.5, 0.6) is 0 Å². The van der Waals surface area contributed by atoms with E-state index in [0.29, 0.717) is 0 Å². The molecule has 1 heterocycles. The van der Waals surface area contributed by atoms with Gasteiger partial charge in [0.1, 0.15) is 0 Å². The van der Waals surface area contributed by atoms with Crippen molar-refractivity contribution in [3.8, 4) is 0 Å². The molecule has 0 spiro atoms. The molecule has 0 amide bonds. The van der Waals surface area contributed by atoms with Gasteiger partial charge < -0.3 is 0 Å². The van der Waals surface area contributed by atoms with Crippen LogP contribution in [0, 0.1) is 13.8 Å². The molecule has 0 aliphatic heterocycles. The minimum absolute atomic E-state index is 0.248. The highest BCUT2D eigenvalue weighted by atomic mass is 14.7. The van der Waals surface area contributed by atoms with Crippen LogP contribution in [0.25, 0.3) is 0 Å². The number of hydrogen-bond donors (Lipinski definition) is 0. The largest absolute Gasteiger partial charge is 0.260 e.